The third kappa shape index (κ3) is 4.18. The first kappa shape index (κ1) is 15.3. The summed E-state index contributed by atoms with van der Waals surface area (Å²) in [5.74, 6) is 0.237. The fraction of sp³-hybridized carbons (Fsp3) is 0.533. The Morgan fingerprint density at radius 3 is 3.05 bits per heavy atom. The second-order valence-electron chi connectivity index (χ2n) is 5.19. The number of aryl methyl sites for hydroxylation is 1. The molecule has 1 aromatic rings. The van der Waals surface area contributed by atoms with E-state index in [9.17, 15) is 9.59 Å². The highest BCUT2D eigenvalue weighted by atomic mass is 16.6. The Bertz CT molecular complexity index is 519. The van der Waals surface area contributed by atoms with E-state index in [-0.39, 0.29) is 17.9 Å². The normalized spacial score (nSPS) is 18.2. The number of hydrogen-bond acceptors (Lipinski definition) is 4. The third-order valence-electron chi connectivity index (χ3n) is 3.48. The summed E-state index contributed by atoms with van der Waals surface area (Å²) in [6.45, 7) is 5.11. The van der Waals surface area contributed by atoms with Gasteiger partial charge in [0.2, 0.25) is 5.91 Å². The summed E-state index contributed by atoms with van der Waals surface area (Å²) in [6, 6.07) is 3.70. The molecule has 0 saturated carbocycles. The van der Waals surface area contributed by atoms with E-state index in [0.717, 1.165) is 18.4 Å². The largest absolute Gasteiger partial charge is 0.450 e. The van der Waals surface area contributed by atoms with Gasteiger partial charge in [-0.05, 0) is 44.4 Å². The third-order valence-corrected chi connectivity index (χ3v) is 3.48. The molecule has 2 rings (SSSR count). The number of aromatic nitrogens is 1. The van der Waals surface area contributed by atoms with Crippen molar-refractivity contribution in [1.82, 2.24) is 9.88 Å². The van der Waals surface area contributed by atoms with Crippen LogP contribution in [0.4, 0.5) is 10.6 Å². The average molecular weight is 291 g/mol. The van der Waals surface area contributed by atoms with Crippen LogP contribution in [0.3, 0.4) is 0 Å². The maximum atomic E-state index is 12.3. The van der Waals surface area contributed by atoms with Crippen molar-refractivity contribution in [2.45, 2.75) is 26.7 Å². The van der Waals surface area contributed by atoms with Gasteiger partial charge in [-0.3, -0.25) is 4.79 Å². The first-order valence-electron chi connectivity index (χ1n) is 7.25. The number of amides is 2. The van der Waals surface area contributed by atoms with E-state index in [1.165, 1.54) is 0 Å². The van der Waals surface area contributed by atoms with Gasteiger partial charge in [-0.15, -0.1) is 0 Å². The Balaban J connectivity index is 1.94. The van der Waals surface area contributed by atoms with E-state index in [1.54, 1.807) is 18.0 Å². The first-order chi connectivity index (χ1) is 10.1. The van der Waals surface area contributed by atoms with Gasteiger partial charge >= 0.3 is 6.09 Å². The molecule has 6 nitrogen and oxygen atoms in total. The van der Waals surface area contributed by atoms with Gasteiger partial charge in [-0.1, -0.05) is 0 Å². The van der Waals surface area contributed by atoms with Crippen molar-refractivity contribution < 1.29 is 14.3 Å². The number of pyridine rings is 1. The summed E-state index contributed by atoms with van der Waals surface area (Å²) in [4.78, 5) is 29.7. The number of carbonyl (C=O) groups is 2. The number of ether oxygens (including phenoxy) is 1. The van der Waals surface area contributed by atoms with E-state index < -0.39 is 0 Å². The van der Waals surface area contributed by atoms with Gasteiger partial charge in [0, 0.05) is 19.3 Å². The van der Waals surface area contributed by atoms with Crippen molar-refractivity contribution in [1.29, 1.82) is 0 Å². The first-order valence-corrected chi connectivity index (χ1v) is 7.25. The number of hydrogen-bond donors (Lipinski definition) is 1. The molecule has 1 aromatic heterocycles. The molecule has 1 fully saturated rings. The summed E-state index contributed by atoms with van der Waals surface area (Å²) >= 11 is 0. The van der Waals surface area contributed by atoms with E-state index in [1.807, 2.05) is 19.1 Å². The molecule has 0 radical (unpaired) electrons. The molecule has 114 valence electrons. The lowest BCUT2D eigenvalue weighted by Gasteiger charge is -2.31. The maximum absolute atomic E-state index is 12.3. The molecule has 0 spiro atoms. The van der Waals surface area contributed by atoms with Crippen LogP contribution in [-0.4, -0.2) is 41.6 Å². The van der Waals surface area contributed by atoms with E-state index in [4.69, 9.17) is 4.74 Å². The lowest BCUT2D eigenvalue weighted by Crippen LogP contribution is -2.44. The molecule has 21 heavy (non-hydrogen) atoms. The number of piperidine rings is 1. The van der Waals surface area contributed by atoms with Crippen molar-refractivity contribution in [2.24, 2.45) is 5.92 Å². The zero-order valence-electron chi connectivity index (χ0n) is 12.5. The van der Waals surface area contributed by atoms with Crippen molar-refractivity contribution in [3.05, 3.63) is 23.9 Å². The van der Waals surface area contributed by atoms with Crippen molar-refractivity contribution in [2.75, 3.05) is 25.0 Å². The molecule has 0 bridgehead atoms. The van der Waals surface area contributed by atoms with E-state index in [2.05, 4.69) is 10.3 Å². The van der Waals surface area contributed by atoms with Crippen molar-refractivity contribution in [3.63, 3.8) is 0 Å². The molecular weight excluding hydrogens is 270 g/mol. The summed E-state index contributed by atoms with van der Waals surface area (Å²) in [5.41, 5.74) is 1.04. The van der Waals surface area contributed by atoms with Crippen molar-refractivity contribution in [3.8, 4) is 0 Å². The van der Waals surface area contributed by atoms with Gasteiger partial charge in [0.05, 0.1) is 12.5 Å². The molecule has 0 aliphatic carbocycles. The molecule has 1 aliphatic rings. The number of rotatable bonds is 3. The quantitative estimate of drug-likeness (QED) is 0.926. The molecule has 1 saturated heterocycles. The van der Waals surface area contributed by atoms with Crippen LogP contribution in [0.1, 0.15) is 25.3 Å². The molecule has 1 atom stereocenters. The van der Waals surface area contributed by atoms with Crippen LogP contribution in [0.15, 0.2) is 18.3 Å². The number of carbonyl (C=O) groups excluding carboxylic acids is 2. The van der Waals surface area contributed by atoms with Crippen molar-refractivity contribution >= 4 is 17.8 Å². The topological polar surface area (TPSA) is 71.5 Å². The molecule has 2 heterocycles. The number of nitrogens with zero attached hydrogens (tertiary/aromatic N) is 2. The summed E-state index contributed by atoms with van der Waals surface area (Å²) < 4.78 is 4.99. The fourth-order valence-electron chi connectivity index (χ4n) is 2.40. The Hall–Kier alpha value is -2.11. The van der Waals surface area contributed by atoms with Crippen LogP contribution in [-0.2, 0) is 9.53 Å². The number of anilines is 1. The molecule has 2 amide bonds. The van der Waals surface area contributed by atoms with E-state index in [0.29, 0.717) is 25.5 Å². The van der Waals surface area contributed by atoms with Crippen LogP contribution >= 0.6 is 0 Å². The lowest BCUT2D eigenvalue weighted by atomic mass is 9.97. The molecule has 1 aliphatic heterocycles. The predicted octanol–water partition coefficient (Wildman–Crippen LogP) is 2.20. The van der Waals surface area contributed by atoms with Gasteiger partial charge in [-0.2, -0.15) is 0 Å². The Kier molecular flexibility index (Phi) is 5.14. The SMILES string of the molecule is CCOC(=O)N1CCCC(C(=O)Nc2cc(C)ccn2)C1. The summed E-state index contributed by atoms with van der Waals surface area (Å²) in [5, 5.41) is 2.82. The molecule has 1 N–H and O–H groups in total. The molecular formula is C15H21N3O3. The second-order valence-corrected chi connectivity index (χ2v) is 5.19. The van der Waals surface area contributed by atoms with Crippen LogP contribution in [0.5, 0.6) is 0 Å². The van der Waals surface area contributed by atoms with Gasteiger partial charge in [0.15, 0.2) is 0 Å². The summed E-state index contributed by atoms with van der Waals surface area (Å²) in [6.07, 6.45) is 2.89. The van der Waals surface area contributed by atoms with Crippen LogP contribution in [0.2, 0.25) is 0 Å². The van der Waals surface area contributed by atoms with Gasteiger partial charge in [0.25, 0.3) is 0 Å². The zero-order valence-corrected chi connectivity index (χ0v) is 12.5. The number of likely N-dealkylation sites (tertiary alicyclic amines) is 1. The molecule has 1 unspecified atom stereocenters. The zero-order chi connectivity index (χ0) is 15.2. The molecule has 6 heteroatoms. The maximum Gasteiger partial charge on any atom is 0.409 e. The Morgan fingerprint density at radius 1 is 1.52 bits per heavy atom. The Labute approximate surface area is 124 Å². The minimum absolute atomic E-state index is 0.0953. The minimum Gasteiger partial charge on any atom is -0.450 e. The highest BCUT2D eigenvalue weighted by Gasteiger charge is 2.29. The van der Waals surface area contributed by atoms with Gasteiger partial charge in [0.1, 0.15) is 5.82 Å². The minimum atomic E-state index is -0.344. The summed E-state index contributed by atoms with van der Waals surface area (Å²) in [7, 11) is 0. The van der Waals surface area contributed by atoms with E-state index >= 15 is 0 Å². The lowest BCUT2D eigenvalue weighted by molar-refractivity contribution is -0.121. The second kappa shape index (κ2) is 7.06. The standard InChI is InChI=1S/C15H21N3O3/c1-3-21-15(20)18-8-4-5-12(10-18)14(19)17-13-9-11(2)6-7-16-13/h6-7,9,12H,3-5,8,10H2,1-2H3,(H,16,17,19). The fourth-order valence-corrected chi connectivity index (χ4v) is 2.40. The number of nitrogens with one attached hydrogen (secondary N) is 1. The van der Waals surface area contributed by atoms with Crippen LogP contribution in [0.25, 0.3) is 0 Å². The van der Waals surface area contributed by atoms with Crippen LogP contribution < -0.4 is 5.32 Å². The average Bonchev–Trinajstić information content (AvgIpc) is 2.47. The highest BCUT2D eigenvalue weighted by molar-refractivity contribution is 5.92. The smallest absolute Gasteiger partial charge is 0.409 e. The monoisotopic (exact) mass is 291 g/mol. The molecule has 0 aromatic carbocycles. The van der Waals surface area contributed by atoms with Crippen LogP contribution in [0, 0.1) is 12.8 Å². The highest BCUT2D eigenvalue weighted by Crippen LogP contribution is 2.19. The van der Waals surface area contributed by atoms with Gasteiger partial charge < -0.3 is 15.0 Å². The van der Waals surface area contributed by atoms with Gasteiger partial charge in [-0.25, -0.2) is 9.78 Å². The predicted molar refractivity (Wildman–Crippen MR) is 78.9 cm³/mol. The Morgan fingerprint density at radius 2 is 2.33 bits per heavy atom.